The molecular weight excluding hydrogens is 238 g/mol. The summed E-state index contributed by atoms with van der Waals surface area (Å²) < 4.78 is 2.09. The van der Waals surface area contributed by atoms with E-state index >= 15 is 0 Å². The fraction of sp³-hybridized carbons (Fsp3) is 0.0625. The SMILES string of the molecule is O=Cc1ccc2ccn(Cc3ccc(O)cc3)c2c1. The Kier molecular flexibility index (Phi) is 2.80. The summed E-state index contributed by atoms with van der Waals surface area (Å²) in [5.74, 6) is 0.268. The first kappa shape index (κ1) is 11.5. The Balaban J connectivity index is 2.00. The van der Waals surface area contributed by atoms with Gasteiger partial charge in [-0.05, 0) is 35.2 Å². The van der Waals surface area contributed by atoms with Crippen LogP contribution in [-0.2, 0) is 6.54 Å². The first-order valence-electron chi connectivity index (χ1n) is 6.08. The quantitative estimate of drug-likeness (QED) is 0.726. The third kappa shape index (κ3) is 2.22. The number of carbonyl (C=O) groups is 1. The van der Waals surface area contributed by atoms with Gasteiger partial charge in [-0.25, -0.2) is 0 Å². The molecule has 3 aromatic rings. The van der Waals surface area contributed by atoms with Crippen molar-refractivity contribution < 1.29 is 9.90 Å². The minimum Gasteiger partial charge on any atom is -0.508 e. The summed E-state index contributed by atoms with van der Waals surface area (Å²) in [7, 11) is 0. The van der Waals surface area contributed by atoms with Gasteiger partial charge in [-0.15, -0.1) is 0 Å². The van der Waals surface area contributed by atoms with Crippen molar-refractivity contribution in [3.63, 3.8) is 0 Å². The monoisotopic (exact) mass is 251 g/mol. The van der Waals surface area contributed by atoms with Gasteiger partial charge >= 0.3 is 0 Å². The van der Waals surface area contributed by atoms with Gasteiger partial charge in [-0.3, -0.25) is 4.79 Å². The number of aromatic nitrogens is 1. The lowest BCUT2D eigenvalue weighted by atomic mass is 10.2. The first-order valence-corrected chi connectivity index (χ1v) is 6.08. The number of fused-ring (bicyclic) bond motifs is 1. The van der Waals surface area contributed by atoms with Crippen LogP contribution in [-0.4, -0.2) is 16.0 Å². The van der Waals surface area contributed by atoms with Crippen molar-refractivity contribution in [2.75, 3.05) is 0 Å². The van der Waals surface area contributed by atoms with Crippen LogP contribution in [0.3, 0.4) is 0 Å². The average Bonchev–Trinajstić information content (AvgIpc) is 2.84. The number of phenols is 1. The highest BCUT2D eigenvalue weighted by Gasteiger charge is 2.03. The van der Waals surface area contributed by atoms with Gasteiger partial charge in [0.1, 0.15) is 12.0 Å². The number of carbonyl (C=O) groups excluding carboxylic acids is 1. The van der Waals surface area contributed by atoms with Gasteiger partial charge in [0, 0.05) is 23.8 Å². The van der Waals surface area contributed by atoms with E-state index in [2.05, 4.69) is 4.57 Å². The normalized spacial score (nSPS) is 10.7. The van der Waals surface area contributed by atoms with Crippen molar-refractivity contribution in [2.45, 2.75) is 6.54 Å². The molecule has 3 nitrogen and oxygen atoms in total. The lowest BCUT2D eigenvalue weighted by Gasteiger charge is -2.06. The van der Waals surface area contributed by atoms with Crippen molar-refractivity contribution in [1.82, 2.24) is 4.57 Å². The van der Waals surface area contributed by atoms with Gasteiger partial charge in [0.25, 0.3) is 0 Å². The van der Waals surface area contributed by atoms with Crippen LogP contribution in [0.1, 0.15) is 15.9 Å². The molecule has 2 aromatic carbocycles. The fourth-order valence-corrected chi connectivity index (χ4v) is 2.21. The molecule has 0 radical (unpaired) electrons. The second kappa shape index (κ2) is 4.61. The molecule has 0 atom stereocenters. The van der Waals surface area contributed by atoms with Gasteiger partial charge in [-0.2, -0.15) is 0 Å². The van der Waals surface area contributed by atoms with Crippen LogP contribution >= 0.6 is 0 Å². The van der Waals surface area contributed by atoms with Crippen molar-refractivity contribution >= 4 is 17.2 Å². The molecule has 94 valence electrons. The second-order valence-corrected chi connectivity index (χ2v) is 4.55. The Morgan fingerprint density at radius 1 is 1.05 bits per heavy atom. The van der Waals surface area contributed by atoms with Crippen LogP contribution in [0.5, 0.6) is 5.75 Å². The molecule has 19 heavy (non-hydrogen) atoms. The first-order chi connectivity index (χ1) is 9.26. The molecule has 0 fully saturated rings. The zero-order valence-electron chi connectivity index (χ0n) is 10.3. The molecule has 0 unspecified atom stereocenters. The van der Waals surface area contributed by atoms with Crippen LogP contribution in [0.4, 0.5) is 0 Å². The molecule has 0 aliphatic rings. The van der Waals surface area contributed by atoms with Crippen LogP contribution < -0.4 is 0 Å². The standard InChI is InChI=1S/C16H13NO2/c18-11-13-1-4-14-7-8-17(16(14)9-13)10-12-2-5-15(19)6-3-12/h1-9,11,19H,10H2. The summed E-state index contributed by atoms with van der Waals surface area (Å²) >= 11 is 0. The van der Waals surface area contributed by atoms with Crippen molar-refractivity contribution in [1.29, 1.82) is 0 Å². The Labute approximate surface area is 110 Å². The van der Waals surface area contributed by atoms with Crippen LogP contribution in [0, 0.1) is 0 Å². The highest BCUT2D eigenvalue weighted by Crippen LogP contribution is 2.19. The molecule has 0 saturated heterocycles. The summed E-state index contributed by atoms with van der Waals surface area (Å²) in [4.78, 5) is 10.8. The summed E-state index contributed by atoms with van der Waals surface area (Å²) in [6, 6.07) is 14.8. The van der Waals surface area contributed by atoms with E-state index < -0.39 is 0 Å². The Morgan fingerprint density at radius 2 is 1.84 bits per heavy atom. The molecule has 0 saturated carbocycles. The van der Waals surface area contributed by atoms with Gasteiger partial charge < -0.3 is 9.67 Å². The predicted molar refractivity (Wildman–Crippen MR) is 74.5 cm³/mol. The smallest absolute Gasteiger partial charge is 0.150 e. The number of aldehydes is 1. The van der Waals surface area contributed by atoms with E-state index in [0.717, 1.165) is 22.8 Å². The average molecular weight is 251 g/mol. The Hall–Kier alpha value is -2.55. The van der Waals surface area contributed by atoms with Gasteiger partial charge in [0.15, 0.2) is 0 Å². The maximum Gasteiger partial charge on any atom is 0.150 e. The maximum absolute atomic E-state index is 10.8. The summed E-state index contributed by atoms with van der Waals surface area (Å²) in [5, 5.41) is 10.4. The van der Waals surface area contributed by atoms with E-state index in [9.17, 15) is 9.90 Å². The summed E-state index contributed by atoms with van der Waals surface area (Å²) in [6.45, 7) is 0.714. The van der Waals surface area contributed by atoms with Crippen LogP contribution in [0.15, 0.2) is 54.7 Å². The topological polar surface area (TPSA) is 42.2 Å². The fourth-order valence-electron chi connectivity index (χ4n) is 2.21. The molecule has 0 aliphatic heterocycles. The molecular formula is C16H13NO2. The largest absolute Gasteiger partial charge is 0.508 e. The molecule has 0 bridgehead atoms. The summed E-state index contributed by atoms with van der Waals surface area (Å²) in [5.41, 5.74) is 2.82. The van der Waals surface area contributed by atoms with E-state index in [0.29, 0.717) is 12.1 Å². The zero-order valence-corrected chi connectivity index (χ0v) is 10.3. The number of aromatic hydroxyl groups is 1. The minimum absolute atomic E-state index is 0.268. The van der Waals surface area contributed by atoms with Gasteiger partial charge in [0.05, 0.1) is 0 Å². The van der Waals surface area contributed by atoms with E-state index in [4.69, 9.17) is 0 Å². The van der Waals surface area contributed by atoms with Crippen LogP contribution in [0.2, 0.25) is 0 Å². The molecule has 0 aliphatic carbocycles. The van der Waals surface area contributed by atoms with E-state index in [1.165, 1.54) is 0 Å². The Morgan fingerprint density at radius 3 is 2.58 bits per heavy atom. The molecule has 0 spiro atoms. The number of nitrogens with zero attached hydrogens (tertiary/aromatic N) is 1. The zero-order chi connectivity index (χ0) is 13.2. The lowest BCUT2D eigenvalue weighted by Crippen LogP contribution is -1.97. The lowest BCUT2D eigenvalue weighted by molar-refractivity contribution is 0.112. The van der Waals surface area contributed by atoms with E-state index in [-0.39, 0.29) is 5.75 Å². The highest BCUT2D eigenvalue weighted by atomic mass is 16.3. The number of rotatable bonds is 3. The maximum atomic E-state index is 10.8. The Bertz CT molecular complexity index is 726. The van der Waals surface area contributed by atoms with E-state index in [1.54, 1.807) is 12.1 Å². The number of phenolic OH excluding ortho intramolecular Hbond substituents is 1. The third-order valence-electron chi connectivity index (χ3n) is 3.22. The second-order valence-electron chi connectivity index (χ2n) is 4.55. The third-order valence-corrected chi connectivity index (χ3v) is 3.22. The molecule has 0 amide bonds. The molecule has 3 rings (SSSR count). The minimum atomic E-state index is 0.268. The highest BCUT2D eigenvalue weighted by molar-refractivity contribution is 5.87. The van der Waals surface area contributed by atoms with Crippen LogP contribution in [0.25, 0.3) is 10.9 Å². The molecule has 1 heterocycles. The molecule has 1 aromatic heterocycles. The van der Waals surface area contributed by atoms with Crippen molar-refractivity contribution in [2.24, 2.45) is 0 Å². The number of benzene rings is 2. The molecule has 3 heteroatoms. The summed E-state index contributed by atoms with van der Waals surface area (Å²) in [6.07, 6.45) is 2.86. The predicted octanol–water partition coefficient (Wildman–Crippen LogP) is 3.21. The number of hydrogen-bond donors (Lipinski definition) is 1. The van der Waals surface area contributed by atoms with Gasteiger partial charge in [-0.1, -0.05) is 24.3 Å². The van der Waals surface area contributed by atoms with E-state index in [1.807, 2.05) is 42.6 Å². The van der Waals surface area contributed by atoms with Gasteiger partial charge in [0.2, 0.25) is 0 Å². The number of hydrogen-bond acceptors (Lipinski definition) is 2. The van der Waals surface area contributed by atoms with Crippen molar-refractivity contribution in [3.05, 3.63) is 65.9 Å². The molecule has 1 N–H and O–H groups in total. The van der Waals surface area contributed by atoms with Crippen molar-refractivity contribution in [3.8, 4) is 5.75 Å².